The van der Waals surface area contributed by atoms with Gasteiger partial charge in [-0.2, -0.15) is 5.10 Å². The molecule has 0 aliphatic rings. The molecule has 0 aliphatic carbocycles. The van der Waals surface area contributed by atoms with Crippen molar-refractivity contribution < 1.29 is 9.53 Å². The van der Waals surface area contributed by atoms with Crippen LogP contribution in [-0.4, -0.2) is 20.7 Å². The van der Waals surface area contributed by atoms with Crippen molar-refractivity contribution in [1.29, 1.82) is 0 Å². The second kappa shape index (κ2) is 5.25. The lowest BCUT2D eigenvalue weighted by Gasteiger charge is -2.04. The Kier molecular flexibility index (Phi) is 3.49. The monoisotopic (exact) mass is 231 g/mol. The van der Waals surface area contributed by atoms with Gasteiger partial charge in [0.1, 0.15) is 25.3 Å². The highest BCUT2D eigenvalue weighted by Gasteiger charge is 2.05. The Hall–Kier alpha value is -2.17. The summed E-state index contributed by atoms with van der Waals surface area (Å²) in [5, 5.41) is 4.01. The smallest absolute Gasteiger partial charge is 0.328 e. The van der Waals surface area contributed by atoms with Crippen molar-refractivity contribution in [3.63, 3.8) is 0 Å². The normalized spacial score (nSPS) is 10.2. The highest BCUT2D eigenvalue weighted by molar-refractivity contribution is 5.69. The Balaban J connectivity index is 1.82. The molecule has 0 spiro atoms. The van der Waals surface area contributed by atoms with Gasteiger partial charge >= 0.3 is 5.97 Å². The number of nitrogens with zero attached hydrogens (tertiary/aromatic N) is 3. The van der Waals surface area contributed by atoms with Crippen LogP contribution in [0.4, 0.5) is 0 Å². The van der Waals surface area contributed by atoms with Crippen LogP contribution in [0.5, 0.6) is 0 Å². The van der Waals surface area contributed by atoms with Crippen molar-refractivity contribution in [2.45, 2.75) is 20.1 Å². The molecule has 0 saturated heterocycles. The molecular formula is C12H13N3O2. The zero-order chi connectivity index (χ0) is 12.1. The third-order valence-corrected chi connectivity index (χ3v) is 2.18. The number of hydrogen-bond donors (Lipinski definition) is 0. The molecule has 0 amide bonds. The molecule has 0 bridgehead atoms. The summed E-state index contributed by atoms with van der Waals surface area (Å²) >= 11 is 0. The van der Waals surface area contributed by atoms with Crippen LogP contribution in [0.2, 0.25) is 0 Å². The molecule has 1 aromatic heterocycles. The largest absolute Gasteiger partial charge is 0.459 e. The van der Waals surface area contributed by atoms with Crippen molar-refractivity contribution in [3.05, 3.63) is 48.0 Å². The molecule has 0 unspecified atom stereocenters. The predicted octanol–water partition coefficient (Wildman–Crippen LogP) is 1.33. The average molecular weight is 231 g/mol. The fraction of sp³-hybridized carbons (Fsp3) is 0.250. The minimum Gasteiger partial charge on any atom is -0.459 e. The van der Waals surface area contributed by atoms with Crippen molar-refractivity contribution in [3.8, 4) is 0 Å². The van der Waals surface area contributed by atoms with E-state index < -0.39 is 0 Å². The standard InChI is InChI=1S/C12H13N3O2/c1-10-13-9-15(14-10)7-12(16)17-8-11-5-3-2-4-6-11/h2-6,9H,7-8H2,1H3. The second-order valence-corrected chi connectivity index (χ2v) is 3.64. The third-order valence-electron chi connectivity index (χ3n) is 2.18. The molecule has 0 atom stereocenters. The van der Waals surface area contributed by atoms with E-state index in [0.29, 0.717) is 5.82 Å². The molecule has 0 N–H and O–H groups in total. The van der Waals surface area contributed by atoms with Crippen LogP contribution >= 0.6 is 0 Å². The second-order valence-electron chi connectivity index (χ2n) is 3.64. The number of aryl methyl sites for hydroxylation is 1. The molecule has 0 saturated carbocycles. The fourth-order valence-electron chi connectivity index (χ4n) is 1.38. The zero-order valence-corrected chi connectivity index (χ0v) is 9.54. The third kappa shape index (κ3) is 3.41. The molecular weight excluding hydrogens is 218 g/mol. The molecule has 5 heteroatoms. The summed E-state index contributed by atoms with van der Waals surface area (Å²) in [6.45, 7) is 2.15. The first kappa shape index (κ1) is 11.3. The lowest BCUT2D eigenvalue weighted by molar-refractivity contribution is -0.145. The topological polar surface area (TPSA) is 57.0 Å². The van der Waals surface area contributed by atoms with E-state index in [1.807, 2.05) is 30.3 Å². The van der Waals surface area contributed by atoms with E-state index in [-0.39, 0.29) is 19.1 Å². The molecule has 2 aromatic rings. The lowest BCUT2D eigenvalue weighted by Crippen LogP contribution is -2.14. The summed E-state index contributed by atoms with van der Waals surface area (Å²) in [5.74, 6) is 0.319. The number of aromatic nitrogens is 3. The van der Waals surface area contributed by atoms with Crippen LogP contribution in [0, 0.1) is 6.92 Å². The first-order chi connectivity index (χ1) is 8.24. The van der Waals surface area contributed by atoms with Gasteiger partial charge in [0.25, 0.3) is 0 Å². The molecule has 17 heavy (non-hydrogen) atoms. The van der Waals surface area contributed by atoms with Gasteiger partial charge in [0.15, 0.2) is 0 Å². The van der Waals surface area contributed by atoms with E-state index in [1.165, 1.54) is 11.0 Å². The van der Waals surface area contributed by atoms with Crippen LogP contribution in [0.15, 0.2) is 36.7 Å². The Morgan fingerprint density at radius 1 is 1.35 bits per heavy atom. The molecule has 88 valence electrons. The maximum Gasteiger partial charge on any atom is 0.328 e. The van der Waals surface area contributed by atoms with Gasteiger partial charge in [-0.25, -0.2) is 9.67 Å². The van der Waals surface area contributed by atoms with Crippen LogP contribution in [0.3, 0.4) is 0 Å². The van der Waals surface area contributed by atoms with Crippen LogP contribution in [-0.2, 0) is 22.7 Å². The van der Waals surface area contributed by atoms with Crippen LogP contribution < -0.4 is 0 Å². The highest BCUT2D eigenvalue weighted by atomic mass is 16.5. The molecule has 0 radical (unpaired) electrons. The quantitative estimate of drug-likeness (QED) is 0.745. The van der Waals surface area contributed by atoms with Crippen molar-refractivity contribution in [1.82, 2.24) is 14.8 Å². The number of benzene rings is 1. The number of carbonyl (C=O) groups is 1. The van der Waals surface area contributed by atoms with Gasteiger partial charge in [-0.3, -0.25) is 4.79 Å². The van der Waals surface area contributed by atoms with E-state index in [0.717, 1.165) is 5.56 Å². The van der Waals surface area contributed by atoms with Crippen LogP contribution in [0.25, 0.3) is 0 Å². The first-order valence-electron chi connectivity index (χ1n) is 5.29. The molecule has 5 nitrogen and oxygen atoms in total. The molecule has 1 heterocycles. The molecule has 0 fully saturated rings. The van der Waals surface area contributed by atoms with E-state index in [2.05, 4.69) is 10.1 Å². The van der Waals surface area contributed by atoms with Gasteiger partial charge in [0.2, 0.25) is 0 Å². The minimum atomic E-state index is -0.321. The Bertz CT molecular complexity index is 493. The minimum absolute atomic E-state index is 0.0909. The van der Waals surface area contributed by atoms with E-state index >= 15 is 0 Å². The van der Waals surface area contributed by atoms with Gasteiger partial charge < -0.3 is 4.74 Å². The number of esters is 1. The van der Waals surface area contributed by atoms with Gasteiger partial charge in [-0.1, -0.05) is 30.3 Å². The Labute approximate surface area is 99.1 Å². The van der Waals surface area contributed by atoms with E-state index in [1.54, 1.807) is 6.92 Å². The van der Waals surface area contributed by atoms with Crippen molar-refractivity contribution >= 4 is 5.97 Å². The van der Waals surface area contributed by atoms with Gasteiger partial charge in [-0.15, -0.1) is 0 Å². The van der Waals surface area contributed by atoms with Gasteiger partial charge in [-0.05, 0) is 12.5 Å². The number of ether oxygens (including phenoxy) is 1. The first-order valence-corrected chi connectivity index (χ1v) is 5.29. The lowest BCUT2D eigenvalue weighted by atomic mass is 10.2. The van der Waals surface area contributed by atoms with E-state index in [9.17, 15) is 4.79 Å². The molecule has 2 rings (SSSR count). The van der Waals surface area contributed by atoms with Crippen molar-refractivity contribution in [2.75, 3.05) is 0 Å². The van der Waals surface area contributed by atoms with E-state index in [4.69, 9.17) is 4.74 Å². The number of hydrogen-bond acceptors (Lipinski definition) is 4. The number of rotatable bonds is 4. The van der Waals surface area contributed by atoms with Crippen molar-refractivity contribution in [2.24, 2.45) is 0 Å². The molecule has 1 aromatic carbocycles. The zero-order valence-electron chi connectivity index (χ0n) is 9.54. The summed E-state index contributed by atoms with van der Waals surface area (Å²) < 4.78 is 6.57. The SMILES string of the molecule is Cc1ncn(CC(=O)OCc2ccccc2)n1. The number of carbonyl (C=O) groups excluding carboxylic acids is 1. The summed E-state index contributed by atoms with van der Waals surface area (Å²) in [6.07, 6.45) is 1.51. The summed E-state index contributed by atoms with van der Waals surface area (Å²) in [4.78, 5) is 15.4. The summed E-state index contributed by atoms with van der Waals surface area (Å²) in [6, 6.07) is 9.55. The van der Waals surface area contributed by atoms with Crippen LogP contribution in [0.1, 0.15) is 11.4 Å². The Morgan fingerprint density at radius 3 is 2.76 bits per heavy atom. The fourth-order valence-corrected chi connectivity index (χ4v) is 1.38. The maximum absolute atomic E-state index is 11.5. The average Bonchev–Trinajstić information content (AvgIpc) is 2.73. The summed E-state index contributed by atoms with van der Waals surface area (Å²) in [5.41, 5.74) is 0.968. The van der Waals surface area contributed by atoms with Gasteiger partial charge in [0.05, 0.1) is 0 Å². The predicted molar refractivity (Wildman–Crippen MR) is 61.0 cm³/mol. The Morgan fingerprint density at radius 2 is 2.12 bits per heavy atom. The molecule has 0 aliphatic heterocycles. The van der Waals surface area contributed by atoms with Gasteiger partial charge in [0, 0.05) is 0 Å². The maximum atomic E-state index is 11.5. The highest BCUT2D eigenvalue weighted by Crippen LogP contribution is 2.01. The summed E-state index contributed by atoms with van der Waals surface area (Å²) in [7, 11) is 0.